The van der Waals surface area contributed by atoms with Gasteiger partial charge in [0.25, 0.3) is 0 Å². The summed E-state index contributed by atoms with van der Waals surface area (Å²) in [5.74, 6) is 2.37. The summed E-state index contributed by atoms with van der Waals surface area (Å²) in [6.45, 7) is 3.40. The maximum atomic E-state index is 3.79. The number of rotatable bonds is 6. The first-order chi connectivity index (χ1) is 9.88. The Labute approximate surface area is 127 Å². The summed E-state index contributed by atoms with van der Waals surface area (Å²) in [5, 5.41) is 4.54. The fraction of sp³-hybridized carbons (Fsp3) is 0.667. The molecule has 1 saturated carbocycles. The lowest BCUT2D eigenvalue weighted by molar-refractivity contribution is 0.536. The Morgan fingerprint density at radius 2 is 2.00 bits per heavy atom. The van der Waals surface area contributed by atoms with E-state index in [4.69, 9.17) is 0 Å². The van der Waals surface area contributed by atoms with Gasteiger partial charge in [-0.1, -0.05) is 44.0 Å². The van der Waals surface area contributed by atoms with Crippen molar-refractivity contribution in [2.45, 2.75) is 56.7 Å². The highest BCUT2D eigenvalue weighted by atomic mass is 32.2. The average Bonchev–Trinajstić information content (AvgIpc) is 3.10. The van der Waals surface area contributed by atoms with E-state index in [-0.39, 0.29) is 0 Å². The van der Waals surface area contributed by atoms with Crippen molar-refractivity contribution in [2.24, 2.45) is 5.92 Å². The lowest BCUT2D eigenvalue weighted by Gasteiger charge is -2.22. The van der Waals surface area contributed by atoms with Gasteiger partial charge < -0.3 is 5.32 Å². The van der Waals surface area contributed by atoms with Gasteiger partial charge in [-0.25, -0.2) is 0 Å². The Balaban J connectivity index is 1.63. The third-order valence-corrected chi connectivity index (χ3v) is 6.35. The van der Waals surface area contributed by atoms with Crippen molar-refractivity contribution in [3.8, 4) is 0 Å². The molecule has 0 saturated heterocycles. The fourth-order valence-electron chi connectivity index (χ4n) is 3.69. The normalized spacial score (nSPS) is 26.1. The van der Waals surface area contributed by atoms with Crippen LogP contribution in [-0.4, -0.2) is 17.5 Å². The molecule has 0 radical (unpaired) electrons. The minimum Gasteiger partial charge on any atom is -0.309 e. The molecule has 1 aromatic carbocycles. The van der Waals surface area contributed by atoms with Crippen molar-refractivity contribution in [2.75, 3.05) is 12.3 Å². The topological polar surface area (TPSA) is 12.0 Å². The zero-order valence-corrected chi connectivity index (χ0v) is 13.4. The van der Waals surface area contributed by atoms with Gasteiger partial charge in [0.15, 0.2) is 0 Å². The van der Waals surface area contributed by atoms with Crippen LogP contribution in [0.15, 0.2) is 24.3 Å². The minimum absolute atomic E-state index is 0.581. The first kappa shape index (κ1) is 14.5. The predicted molar refractivity (Wildman–Crippen MR) is 89.4 cm³/mol. The molecule has 110 valence electrons. The van der Waals surface area contributed by atoms with Crippen LogP contribution < -0.4 is 5.32 Å². The molecule has 0 bridgehead atoms. The van der Waals surface area contributed by atoms with Crippen LogP contribution >= 0.6 is 11.8 Å². The number of benzene rings is 1. The largest absolute Gasteiger partial charge is 0.309 e. The van der Waals surface area contributed by atoms with Crippen molar-refractivity contribution in [3.05, 3.63) is 35.4 Å². The van der Waals surface area contributed by atoms with Crippen LogP contribution in [0, 0.1) is 5.92 Å². The maximum absolute atomic E-state index is 3.79. The van der Waals surface area contributed by atoms with Crippen LogP contribution in [0.25, 0.3) is 0 Å². The van der Waals surface area contributed by atoms with Crippen LogP contribution in [0.2, 0.25) is 0 Å². The van der Waals surface area contributed by atoms with E-state index in [1.165, 1.54) is 44.3 Å². The SMILES string of the molecule is CCCNC1c2ccccc2CC1SCC1CCCC1. The van der Waals surface area contributed by atoms with Gasteiger partial charge in [0.1, 0.15) is 0 Å². The molecular formula is C18H27NS. The molecule has 0 spiro atoms. The van der Waals surface area contributed by atoms with E-state index in [2.05, 4.69) is 48.3 Å². The molecule has 1 N–H and O–H groups in total. The summed E-state index contributed by atoms with van der Waals surface area (Å²) < 4.78 is 0. The summed E-state index contributed by atoms with van der Waals surface area (Å²) >= 11 is 2.23. The van der Waals surface area contributed by atoms with Gasteiger partial charge in [-0.3, -0.25) is 0 Å². The van der Waals surface area contributed by atoms with Crippen LogP contribution in [0.5, 0.6) is 0 Å². The van der Waals surface area contributed by atoms with Crippen molar-refractivity contribution in [1.29, 1.82) is 0 Å². The first-order valence-electron chi connectivity index (χ1n) is 8.31. The third kappa shape index (κ3) is 3.23. The van der Waals surface area contributed by atoms with Crippen molar-refractivity contribution >= 4 is 11.8 Å². The van der Waals surface area contributed by atoms with E-state index in [0.717, 1.165) is 17.7 Å². The second kappa shape index (κ2) is 7.00. The summed E-state index contributed by atoms with van der Waals surface area (Å²) in [7, 11) is 0. The Morgan fingerprint density at radius 3 is 2.80 bits per heavy atom. The second-order valence-electron chi connectivity index (χ2n) is 6.36. The molecule has 2 atom stereocenters. The summed E-state index contributed by atoms with van der Waals surface area (Å²) in [5.41, 5.74) is 3.13. The maximum Gasteiger partial charge on any atom is 0.0446 e. The molecular weight excluding hydrogens is 262 g/mol. The number of fused-ring (bicyclic) bond motifs is 1. The zero-order chi connectivity index (χ0) is 13.8. The Hall–Kier alpha value is -0.470. The van der Waals surface area contributed by atoms with Gasteiger partial charge in [-0.2, -0.15) is 11.8 Å². The molecule has 1 fully saturated rings. The monoisotopic (exact) mass is 289 g/mol. The molecule has 2 heteroatoms. The van der Waals surface area contributed by atoms with Gasteiger partial charge in [0, 0.05) is 11.3 Å². The molecule has 0 aliphatic heterocycles. The van der Waals surface area contributed by atoms with Gasteiger partial charge in [-0.15, -0.1) is 0 Å². The van der Waals surface area contributed by atoms with E-state index in [1.807, 2.05) is 0 Å². The predicted octanol–water partition coefficient (Wildman–Crippen LogP) is 4.58. The number of hydrogen-bond acceptors (Lipinski definition) is 2. The standard InChI is InChI=1S/C18H27NS/c1-2-11-19-18-16-10-6-5-9-15(16)12-17(18)20-13-14-7-3-4-8-14/h5-6,9-10,14,17-19H,2-4,7-8,11-13H2,1H3. The van der Waals surface area contributed by atoms with E-state index in [1.54, 1.807) is 11.1 Å². The van der Waals surface area contributed by atoms with Crippen molar-refractivity contribution < 1.29 is 0 Å². The number of thioether (sulfide) groups is 1. The van der Waals surface area contributed by atoms with Gasteiger partial charge in [0.05, 0.1) is 0 Å². The van der Waals surface area contributed by atoms with E-state index in [0.29, 0.717) is 6.04 Å². The Bertz CT molecular complexity index is 425. The van der Waals surface area contributed by atoms with Crippen LogP contribution in [0.4, 0.5) is 0 Å². The quantitative estimate of drug-likeness (QED) is 0.823. The van der Waals surface area contributed by atoms with Crippen molar-refractivity contribution in [1.82, 2.24) is 5.32 Å². The zero-order valence-electron chi connectivity index (χ0n) is 12.6. The number of nitrogens with one attached hydrogen (secondary N) is 1. The molecule has 0 aromatic heterocycles. The summed E-state index contributed by atoms with van der Waals surface area (Å²) in [4.78, 5) is 0. The Morgan fingerprint density at radius 1 is 1.20 bits per heavy atom. The molecule has 3 rings (SSSR count). The van der Waals surface area contributed by atoms with Crippen LogP contribution in [0.1, 0.15) is 56.2 Å². The van der Waals surface area contributed by atoms with Crippen LogP contribution in [0.3, 0.4) is 0 Å². The third-order valence-electron chi connectivity index (χ3n) is 4.82. The molecule has 20 heavy (non-hydrogen) atoms. The van der Waals surface area contributed by atoms with E-state index < -0.39 is 0 Å². The molecule has 2 aliphatic carbocycles. The van der Waals surface area contributed by atoms with E-state index in [9.17, 15) is 0 Å². The van der Waals surface area contributed by atoms with Gasteiger partial charge in [-0.05, 0) is 55.0 Å². The smallest absolute Gasteiger partial charge is 0.0446 e. The average molecular weight is 289 g/mol. The van der Waals surface area contributed by atoms with Crippen molar-refractivity contribution in [3.63, 3.8) is 0 Å². The lowest BCUT2D eigenvalue weighted by Crippen LogP contribution is -2.28. The highest BCUT2D eigenvalue weighted by Gasteiger charge is 2.32. The molecule has 1 aromatic rings. The second-order valence-corrected chi connectivity index (χ2v) is 7.63. The van der Waals surface area contributed by atoms with Gasteiger partial charge >= 0.3 is 0 Å². The molecule has 0 amide bonds. The lowest BCUT2D eigenvalue weighted by atomic mass is 10.1. The summed E-state index contributed by atoms with van der Waals surface area (Å²) in [6.07, 6.45) is 8.36. The molecule has 2 aliphatic rings. The highest BCUT2D eigenvalue weighted by molar-refractivity contribution is 7.99. The highest BCUT2D eigenvalue weighted by Crippen LogP contribution is 2.40. The molecule has 2 unspecified atom stereocenters. The molecule has 1 nitrogen and oxygen atoms in total. The minimum atomic E-state index is 0.581. The first-order valence-corrected chi connectivity index (χ1v) is 9.36. The van der Waals surface area contributed by atoms with Crippen LogP contribution in [-0.2, 0) is 6.42 Å². The fourth-order valence-corrected chi connectivity index (χ4v) is 5.28. The summed E-state index contributed by atoms with van der Waals surface area (Å²) in [6, 6.07) is 9.63. The molecule has 0 heterocycles. The Kier molecular flexibility index (Phi) is 5.06. The van der Waals surface area contributed by atoms with Gasteiger partial charge in [0.2, 0.25) is 0 Å². The van der Waals surface area contributed by atoms with E-state index >= 15 is 0 Å². The number of hydrogen-bond donors (Lipinski definition) is 1.